The smallest absolute Gasteiger partial charge is 0.226 e. The van der Waals surface area contributed by atoms with E-state index in [2.05, 4.69) is 5.32 Å². The van der Waals surface area contributed by atoms with E-state index in [1.165, 1.54) is 0 Å². The number of carbonyl (C=O) groups excluding carboxylic acids is 1. The molecule has 15 heavy (non-hydrogen) atoms. The third-order valence-corrected chi connectivity index (χ3v) is 3.57. The van der Waals surface area contributed by atoms with Crippen LogP contribution in [0.4, 0.5) is 0 Å². The average Bonchev–Trinajstić information content (AvgIpc) is 2.61. The van der Waals surface area contributed by atoms with Crippen molar-refractivity contribution in [3.63, 3.8) is 0 Å². The second kappa shape index (κ2) is 4.97. The number of carbonyl (C=O) groups is 1. The summed E-state index contributed by atoms with van der Waals surface area (Å²) in [6.07, 6.45) is 4.26. The molecule has 0 heterocycles. The summed E-state index contributed by atoms with van der Waals surface area (Å²) in [6.45, 7) is 6.08. The van der Waals surface area contributed by atoms with Crippen LogP contribution in [0, 0.1) is 11.3 Å². The van der Waals surface area contributed by atoms with Crippen LogP contribution < -0.4 is 5.32 Å². The van der Waals surface area contributed by atoms with Gasteiger partial charge in [0.2, 0.25) is 5.91 Å². The van der Waals surface area contributed by atoms with E-state index in [1.807, 2.05) is 20.8 Å². The Bertz CT molecular complexity index is 220. The van der Waals surface area contributed by atoms with Crippen molar-refractivity contribution < 1.29 is 9.90 Å². The van der Waals surface area contributed by atoms with Gasteiger partial charge in [-0.05, 0) is 18.8 Å². The van der Waals surface area contributed by atoms with Crippen molar-refractivity contribution in [2.75, 3.05) is 6.61 Å². The van der Waals surface area contributed by atoms with Gasteiger partial charge >= 0.3 is 0 Å². The molecule has 0 aromatic carbocycles. The molecule has 0 aliphatic heterocycles. The fourth-order valence-electron chi connectivity index (χ4n) is 2.15. The molecule has 0 unspecified atom stereocenters. The Morgan fingerprint density at radius 1 is 1.40 bits per heavy atom. The molecule has 2 N–H and O–H groups in total. The molecule has 3 nitrogen and oxygen atoms in total. The van der Waals surface area contributed by atoms with Crippen LogP contribution in [0.3, 0.4) is 0 Å². The van der Waals surface area contributed by atoms with Crippen molar-refractivity contribution in [1.29, 1.82) is 0 Å². The highest BCUT2D eigenvalue weighted by Crippen LogP contribution is 2.37. The fraction of sp³-hybridized carbons (Fsp3) is 0.917. The van der Waals surface area contributed by atoms with Crippen molar-refractivity contribution >= 4 is 5.91 Å². The first kappa shape index (κ1) is 12.5. The highest BCUT2D eigenvalue weighted by molar-refractivity contribution is 5.82. The second-order valence-electron chi connectivity index (χ2n) is 5.27. The molecule has 1 saturated carbocycles. The SMILES string of the molecule is CC(C)[C@@H](CO)NC(=O)C1(C)CCCC1. The maximum Gasteiger partial charge on any atom is 0.226 e. The summed E-state index contributed by atoms with van der Waals surface area (Å²) in [7, 11) is 0. The predicted octanol–water partition coefficient (Wildman–Crippen LogP) is 1.70. The van der Waals surface area contributed by atoms with E-state index in [0.29, 0.717) is 0 Å². The lowest BCUT2D eigenvalue weighted by Gasteiger charge is -2.27. The number of rotatable bonds is 4. The van der Waals surface area contributed by atoms with Gasteiger partial charge in [-0.25, -0.2) is 0 Å². The lowest BCUT2D eigenvalue weighted by molar-refractivity contribution is -0.131. The zero-order valence-corrected chi connectivity index (χ0v) is 10.0. The number of hydrogen-bond donors (Lipinski definition) is 2. The van der Waals surface area contributed by atoms with Gasteiger partial charge in [0.25, 0.3) is 0 Å². The van der Waals surface area contributed by atoms with Gasteiger partial charge < -0.3 is 10.4 Å². The third-order valence-electron chi connectivity index (χ3n) is 3.57. The molecule has 88 valence electrons. The monoisotopic (exact) mass is 213 g/mol. The second-order valence-corrected chi connectivity index (χ2v) is 5.27. The zero-order valence-electron chi connectivity index (χ0n) is 10.0. The quantitative estimate of drug-likeness (QED) is 0.746. The highest BCUT2D eigenvalue weighted by atomic mass is 16.3. The van der Waals surface area contributed by atoms with Crippen molar-refractivity contribution in [2.24, 2.45) is 11.3 Å². The molecule has 0 saturated heterocycles. The Morgan fingerprint density at radius 2 is 1.93 bits per heavy atom. The summed E-state index contributed by atoms with van der Waals surface area (Å²) >= 11 is 0. The molecule has 0 aromatic rings. The van der Waals surface area contributed by atoms with E-state index >= 15 is 0 Å². The molecule has 3 heteroatoms. The summed E-state index contributed by atoms with van der Waals surface area (Å²) < 4.78 is 0. The topological polar surface area (TPSA) is 49.3 Å². The number of aliphatic hydroxyl groups is 1. The Hall–Kier alpha value is -0.570. The first-order valence-corrected chi connectivity index (χ1v) is 5.91. The summed E-state index contributed by atoms with van der Waals surface area (Å²) in [5.41, 5.74) is -0.192. The molecule has 0 aromatic heterocycles. The Balaban J connectivity index is 2.53. The van der Waals surface area contributed by atoms with Crippen LogP contribution in [0.25, 0.3) is 0 Å². The van der Waals surface area contributed by atoms with Crippen molar-refractivity contribution in [2.45, 2.75) is 52.5 Å². The van der Waals surface area contributed by atoms with Crippen LogP contribution in [0.1, 0.15) is 46.5 Å². The first-order chi connectivity index (χ1) is 6.99. The van der Waals surface area contributed by atoms with Gasteiger partial charge in [-0.3, -0.25) is 4.79 Å². The van der Waals surface area contributed by atoms with E-state index in [-0.39, 0.29) is 29.9 Å². The average molecular weight is 213 g/mol. The summed E-state index contributed by atoms with van der Waals surface area (Å²) in [4.78, 5) is 12.0. The molecule has 0 spiro atoms. The van der Waals surface area contributed by atoms with Crippen LogP contribution >= 0.6 is 0 Å². The predicted molar refractivity (Wildman–Crippen MR) is 60.4 cm³/mol. The normalized spacial score (nSPS) is 21.7. The van der Waals surface area contributed by atoms with Crippen LogP contribution in [-0.2, 0) is 4.79 Å². The van der Waals surface area contributed by atoms with E-state index < -0.39 is 0 Å². The van der Waals surface area contributed by atoms with Crippen LogP contribution in [0.15, 0.2) is 0 Å². The molecule has 1 aliphatic carbocycles. The van der Waals surface area contributed by atoms with Gasteiger partial charge in [-0.1, -0.05) is 33.6 Å². The molecule has 1 fully saturated rings. The van der Waals surface area contributed by atoms with Gasteiger partial charge in [0.1, 0.15) is 0 Å². The van der Waals surface area contributed by atoms with Gasteiger partial charge in [0, 0.05) is 5.41 Å². The minimum atomic E-state index is -0.192. The van der Waals surface area contributed by atoms with Crippen molar-refractivity contribution in [1.82, 2.24) is 5.32 Å². The summed E-state index contributed by atoms with van der Waals surface area (Å²) in [6, 6.07) is -0.102. The lowest BCUT2D eigenvalue weighted by Crippen LogP contribution is -2.47. The molecule has 1 aliphatic rings. The van der Waals surface area contributed by atoms with E-state index in [1.54, 1.807) is 0 Å². The third kappa shape index (κ3) is 2.94. The largest absolute Gasteiger partial charge is 0.394 e. The molecular weight excluding hydrogens is 190 g/mol. The molecule has 0 radical (unpaired) electrons. The minimum Gasteiger partial charge on any atom is -0.394 e. The Labute approximate surface area is 92.3 Å². The van der Waals surface area contributed by atoms with Crippen molar-refractivity contribution in [3.8, 4) is 0 Å². The molecule has 1 amide bonds. The number of hydrogen-bond acceptors (Lipinski definition) is 2. The highest BCUT2D eigenvalue weighted by Gasteiger charge is 2.37. The lowest BCUT2D eigenvalue weighted by atomic mass is 9.87. The maximum atomic E-state index is 12.0. The fourth-order valence-corrected chi connectivity index (χ4v) is 2.15. The van der Waals surface area contributed by atoms with E-state index in [4.69, 9.17) is 5.11 Å². The van der Waals surface area contributed by atoms with Crippen LogP contribution in [0.5, 0.6) is 0 Å². The zero-order chi connectivity index (χ0) is 11.5. The minimum absolute atomic E-state index is 0.0273. The summed E-state index contributed by atoms with van der Waals surface area (Å²) in [5, 5.41) is 12.1. The van der Waals surface area contributed by atoms with Gasteiger partial charge in [-0.15, -0.1) is 0 Å². The van der Waals surface area contributed by atoms with Crippen LogP contribution in [-0.4, -0.2) is 23.7 Å². The Kier molecular flexibility index (Phi) is 4.14. The van der Waals surface area contributed by atoms with Gasteiger partial charge in [0.15, 0.2) is 0 Å². The summed E-state index contributed by atoms with van der Waals surface area (Å²) in [5.74, 6) is 0.400. The van der Waals surface area contributed by atoms with Crippen molar-refractivity contribution in [3.05, 3.63) is 0 Å². The van der Waals surface area contributed by atoms with E-state index in [9.17, 15) is 4.79 Å². The van der Waals surface area contributed by atoms with Crippen LogP contribution in [0.2, 0.25) is 0 Å². The number of aliphatic hydroxyl groups excluding tert-OH is 1. The van der Waals surface area contributed by atoms with Gasteiger partial charge in [-0.2, -0.15) is 0 Å². The first-order valence-electron chi connectivity index (χ1n) is 5.91. The number of nitrogens with one attached hydrogen (secondary N) is 1. The molecule has 1 rings (SSSR count). The van der Waals surface area contributed by atoms with E-state index in [0.717, 1.165) is 25.7 Å². The molecule has 0 bridgehead atoms. The van der Waals surface area contributed by atoms with Gasteiger partial charge in [0.05, 0.1) is 12.6 Å². The molecular formula is C12H23NO2. The standard InChI is InChI=1S/C12H23NO2/c1-9(2)10(8-14)13-11(15)12(3)6-4-5-7-12/h9-10,14H,4-8H2,1-3H3,(H,13,15)/t10-/m1/s1. The maximum absolute atomic E-state index is 12.0. The molecule has 1 atom stereocenters. The Morgan fingerprint density at radius 3 is 2.33 bits per heavy atom. The number of amides is 1.